The Balaban J connectivity index is 1.65. The van der Waals surface area contributed by atoms with Crippen LogP contribution in [-0.4, -0.2) is 34.4 Å². The normalized spacial score (nSPS) is 14.2. The Labute approximate surface area is 151 Å². The summed E-state index contributed by atoms with van der Waals surface area (Å²) in [6.07, 6.45) is 5.66. The van der Waals surface area contributed by atoms with Crippen LogP contribution in [0.2, 0.25) is 0 Å². The van der Waals surface area contributed by atoms with Crippen molar-refractivity contribution in [1.29, 1.82) is 0 Å². The first-order chi connectivity index (χ1) is 12.6. The molecule has 2 aromatic rings. The highest BCUT2D eigenvalue weighted by atomic mass is 16.5. The maximum Gasteiger partial charge on any atom is 0.349 e. The average Bonchev–Trinajstić information content (AvgIpc) is 2.98. The second-order valence-electron chi connectivity index (χ2n) is 6.59. The summed E-state index contributed by atoms with van der Waals surface area (Å²) in [5, 5.41) is 10.6. The number of hydrogen-bond acceptors (Lipinski definition) is 6. The highest BCUT2D eigenvalue weighted by Crippen LogP contribution is 2.36. The molecule has 0 bridgehead atoms. The van der Waals surface area contributed by atoms with Crippen LogP contribution < -0.4 is 10.9 Å². The fourth-order valence-corrected chi connectivity index (χ4v) is 3.03. The molecular formula is C18H24N4O4. The lowest BCUT2D eigenvalue weighted by atomic mass is 9.83. The number of nitrogens with zero attached hydrogens (tertiary/aromatic N) is 3. The Morgan fingerprint density at radius 3 is 2.92 bits per heavy atom. The number of rotatable bonds is 8. The third kappa shape index (κ3) is 4.01. The Morgan fingerprint density at radius 2 is 2.27 bits per heavy atom. The van der Waals surface area contributed by atoms with Crippen molar-refractivity contribution in [2.24, 2.45) is 0 Å². The van der Waals surface area contributed by atoms with Gasteiger partial charge in [0.05, 0.1) is 6.54 Å². The Morgan fingerprint density at radius 1 is 1.46 bits per heavy atom. The molecule has 1 aliphatic carbocycles. The molecule has 2 aromatic heterocycles. The first-order valence-electron chi connectivity index (χ1n) is 8.88. The van der Waals surface area contributed by atoms with E-state index in [1.165, 1.54) is 0 Å². The van der Waals surface area contributed by atoms with Crippen molar-refractivity contribution in [3.05, 3.63) is 45.5 Å². The molecule has 0 aromatic carbocycles. The van der Waals surface area contributed by atoms with E-state index in [0.717, 1.165) is 25.7 Å². The van der Waals surface area contributed by atoms with E-state index in [0.29, 0.717) is 36.2 Å². The van der Waals surface area contributed by atoms with E-state index in [2.05, 4.69) is 15.5 Å². The minimum Gasteiger partial charge on any atom is -0.427 e. The lowest BCUT2D eigenvalue weighted by Crippen LogP contribution is -2.30. The average molecular weight is 360 g/mol. The summed E-state index contributed by atoms with van der Waals surface area (Å²) in [5.41, 5.74) is 0.117. The van der Waals surface area contributed by atoms with Gasteiger partial charge in [0.15, 0.2) is 5.82 Å². The van der Waals surface area contributed by atoms with Crippen LogP contribution in [0.4, 0.5) is 0 Å². The summed E-state index contributed by atoms with van der Waals surface area (Å²) in [4.78, 5) is 24.7. The Hall–Kier alpha value is -2.48. The monoisotopic (exact) mass is 360 g/mol. The second kappa shape index (κ2) is 8.27. The highest BCUT2D eigenvalue weighted by Gasteiger charge is 2.25. The minimum absolute atomic E-state index is 0.0542. The fourth-order valence-electron chi connectivity index (χ4n) is 3.03. The van der Waals surface area contributed by atoms with E-state index >= 15 is 0 Å². The fraction of sp³-hybridized carbons (Fsp3) is 0.556. The Kier molecular flexibility index (Phi) is 5.82. The molecule has 0 spiro atoms. The van der Waals surface area contributed by atoms with Crippen LogP contribution in [-0.2, 0) is 17.8 Å². The number of hydrogen-bond donors (Lipinski definition) is 1. The standard InChI is InChI=1S/C18H24N4O4/c1-12-9-14(13-5-3-6-13)26-18(24)16(12)17(23)19-10-15-21-20-11-22(15)7-4-8-25-2/h9,11,13H,3-8,10H2,1-2H3,(H,19,23). The molecule has 2 heterocycles. The number of ether oxygens (including phenoxy) is 1. The van der Waals surface area contributed by atoms with Gasteiger partial charge in [-0.3, -0.25) is 4.79 Å². The first kappa shape index (κ1) is 18.3. The number of aryl methyl sites for hydroxylation is 2. The van der Waals surface area contributed by atoms with Crippen molar-refractivity contribution in [1.82, 2.24) is 20.1 Å². The van der Waals surface area contributed by atoms with Gasteiger partial charge in [0.1, 0.15) is 17.7 Å². The van der Waals surface area contributed by atoms with E-state index in [1.807, 2.05) is 10.6 Å². The molecule has 1 fully saturated rings. The van der Waals surface area contributed by atoms with Crippen LogP contribution >= 0.6 is 0 Å². The molecule has 26 heavy (non-hydrogen) atoms. The van der Waals surface area contributed by atoms with Crippen molar-refractivity contribution in [2.45, 2.75) is 51.6 Å². The largest absolute Gasteiger partial charge is 0.427 e. The summed E-state index contributed by atoms with van der Waals surface area (Å²) in [6, 6.07) is 1.81. The molecule has 140 valence electrons. The molecule has 3 rings (SSSR count). The van der Waals surface area contributed by atoms with Crippen molar-refractivity contribution in [3.63, 3.8) is 0 Å². The van der Waals surface area contributed by atoms with Gasteiger partial charge in [0, 0.05) is 26.2 Å². The zero-order chi connectivity index (χ0) is 18.5. The number of aromatic nitrogens is 3. The van der Waals surface area contributed by atoms with Crippen LogP contribution in [0.5, 0.6) is 0 Å². The van der Waals surface area contributed by atoms with E-state index < -0.39 is 11.5 Å². The summed E-state index contributed by atoms with van der Waals surface area (Å²) in [6.45, 7) is 3.29. The highest BCUT2D eigenvalue weighted by molar-refractivity contribution is 5.95. The van der Waals surface area contributed by atoms with Gasteiger partial charge in [-0.1, -0.05) is 6.42 Å². The number of amides is 1. The van der Waals surface area contributed by atoms with Gasteiger partial charge in [-0.25, -0.2) is 4.79 Å². The van der Waals surface area contributed by atoms with Gasteiger partial charge in [0.25, 0.3) is 5.91 Å². The number of carbonyl (C=O) groups excluding carboxylic acids is 1. The number of methoxy groups -OCH3 is 1. The maximum absolute atomic E-state index is 12.5. The van der Waals surface area contributed by atoms with Crippen LogP contribution in [0, 0.1) is 6.92 Å². The van der Waals surface area contributed by atoms with Gasteiger partial charge >= 0.3 is 5.63 Å². The molecule has 0 unspecified atom stereocenters. The summed E-state index contributed by atoms with van der Waals surface area (Å²) >= 11 is 0. The van der Waals surface area contributed by atoms with E-state index in [4.69, 9.17) is 9.15 Å². The molecule has 0 saturated heterocycles. The summed E-state index contributed by atoms with van der Waals surface area (Å²) in [5.74, 6) is 1.17. The predicted molar refractivity (Wildman–Crippen MR) is 94.0 cm³/mol. The number of carbonyl (C=O) groups is 1. The van der Waals surface area contributed by atoms with E-state index in [1.54, 1.807) is 20.4 Å². The van der Waals surface area contributed by atoms with Crippen LogP contribution in [0.1, 0.15) is 59.1 Å². The third-order valence-corrected chi connectivity index (χ3v) is 4.75. The summed E-state index contributed by atoms with van der Waals surface area (Å²) in [7, 11) is 1.65. The molecule has 1 N–H and O–H groups in total. The van der Waals surface area contributed by atoms with E-state index in [-0.39, 0.29) is 12.1 Å². The van der Waals surface area contributed by atoms with Crippen LogP contribution in [0.15, 0.2) is 21.6 Å². The predicted octanol–water partition coefficient (Wildman–Crippen LogP) is 1.77. The molecule has 1 saturated carbocycles. The molecular weight excluding hydrogens is 336 g/mol. The molecule has 0 aliphatic heterocycles. The van der Waals surface area contributed by atoms with Gasteiger partial charge in [0.2, 0.25) is 0 Å². The van der Waals surface area contributed by atoms with Crippen molar-refractivity contribution >= 4 is 5.91 Å². The Bertz CT molecular complexity index is 823. The summed E-state index contributed by atoms with van der Waals surface area (Å²) < 4.78 is 12.3. The zero-order valence-corrected chi connectivity index (χ0v) is 15.2. The van der Waals surface area contributed by atoms with Gasteiger partial charge < -0.3 is 19.0 Å². The maximum atomic E-state index is 12.5. The lowest BCUT2D eigenvalue weighted by Gasteiger charge is -2.24. The SMILES string of the molecule is COCCCn1cnnc1CNC(=O)c1c(C)cc(C2CCC2)oc1=O. The minimum atomic E-state index is -0.578. The molecule has 8 nitrogen and oxygen atoms in total. The molecule has 0 radical (unpaired) electrons. The van der Waals surface area contributed by atoms with Gasteiger partial charge in [-0.05, 0) is 37.8 Å². The molecule has 1 amide bonds. The first-order valence-corrected chi connectivity index (χ1v) is 8.88. The topological polar surface area (TPSA) is 99.2 Å². The lowest BCUT2D eigenvalue weighted by molar-refractivity contribution is 0.0943. The second-order valence-corrected chi connectivity index (χ2v) is 6.59. The van der Waals surface area contributed by atoms with Gasteiger partial charge in [-0.15, -0.1) is 10.2 Å². The van der Waals surface area contributed by atoms with E-state index in [9.17, 15) is 9.59 Å². The molecule has 1 aliphatic rings. The van der Waals surface area contributed by atoms with Crippen molar-refractivity contribution in [3.8, 4) is 0 Å². The third-order valence-electron chi connectivity index (χ3n) is 4.75. The van der Waals surface area contributed by atoms with Crippen molar-refractivity contribution < 1.29 is 13.9 Å². The quantitative estimate of drug-likeness (QED) is 0.720. The van der Waals surface area contributed by atoms with Crippen molar-refractivity contribution in [2.75, 3.05) is 13.7 Å². The smallest absolute Gasteiger partial charge is 0.349 e. The molecule has 0 atom stereocenters. The zero-order valence-electron chi connectivity index (χ0n) is 15.2. The van der Waals surface area contributed by atoms with Gasteiger partial charge in [-0.2, -0.15) is 0 Å². The number of nitrogens with one attached hydrogen (secondary N) is 1. The van der Waals surface area contributed by atoms with Crippen LogP contribution in [0.25, 0.3) is 0 Å². The molecule has 8 heteroatoms. The van der Waals surface area contributed by atoms with Crippen LogP contribution in [0.3, 0.4) is 0 Å².